The van der Waals surface area contributed by atoms with Gasteiger partial charge < -0.3 is 9.88 Å². The van der Waals surface area contributed by atoms with Gasteiger partial charge in [-0.3, -0.25) is 0 Å². The molecule has 0 fully saturated rings. The van der Waals surface area contributed by atoms with E-state index in [0.29, 0.717) is 0 Å². The van der Waals surface area contributed by atoms with Crippen LogP contribution in [-0.4, -0.2) is 4.57 Å². The fourth-order valence-corrected chi connectivity index (χ4v) is 8.09. The zero-order valence-electron chi connectivity index (χ0n) is 26.9. The summed E-state index contributed by atoms with van der Waals surface area (Å²) >= 11 is 0. The zero-order chi connectivity index (χ0) is 32.3. The highest BCUT2D eigenvalue weighted by Crippen LogP contribution is 2.44. The third-order valence-corrected chi connectivity index (χ3v) is 10.3. The molecule has 8 aromatic carbocycles. The first-order valence-electron chi connectivity index (χ1n) is 17.1. The SMILES string of the molecule is C1=C(c2ccccc2)C=C(c2ccccc2)[NH2+]C1c1cccc(-n2c3ccccc3c3c4c5ccccc5ccc4c4ccccc4c32)c1. The molecule has 49 heavy (non-hydrogen) atoms. The van der Waals surface area contributed by atoms with E-state index in [2.05, 4.69) is 192 Å². The van der Waals surface area contributed by atoms with Gasteiger partial charge in [0.1, 0.15) is 11.7 Å². The lowest BCUT2D eigenvalue weighted by atomic mass is 9.92. The molecule has 9 aromatic rings. The van der Waals surface area contributed by atoms with Crippen molar-refractivity contribution < 1.29 is 5.32 Å². The number of rotatable bonds is 4. The topological polar surface area (TPSA) is 21.5 Å². The molecule has 10 rings (SSSR count). The highest BCUT2D eigenvalue weighted by atomic mass is 15.0. The number of hydrogen-bond donors (Lipinski definition) is 1. The van der Waals surface area contributed by atoms with Crippen LogP contribution >= 0.6 is 0 Å². The van der Waals surface area contributed by atoms with Crippen molar-refractivity contribution in [3.63, 3.8) is 0 Å². The third kappa shape index (κ3) is 4.46. The lowest BCUT2D eigenvalue weighted by Gasteiger charge is -2.22. The van der Waals surface area contributed by atoms with Crippen molar-refractivity contribution in [3.05, 3.63) is 199 Å². The Morgan fingerprint density at radius 1 is 0.469 bits per heavy atom. The van der Waals surface area contributed by atoms with Crippen LogP contribution in [-0.2, 0) is 0 Å². The predicted molar refractivity (Wildman–Crippen MR) is 207 cm³/mol. The smallest absolute Gasteiger partial charge is 0.138 e. The predicted octanol–water partition coefficient (Wildman–Crippen LogP) is 11.0. The number of hydrogen-bond acceptors (Lipinski definition) is 0. The van der Waals surface area contributed by atoms with E-state index in [1.807, 2.05) is 0 Å². The monoisotopic (exact) mass is 625 g/mol. The number of fused-ring (bicyclic) bond motifs is 10. The zero-order valence-corrected chi connectivity index (χ0v) is 26.9. The van der Waals surface area contributed by atoms with Gasteiger partial charge in [0.15, 0.2) is 0 Å². The molecule has 0 spiro atoms. The largest absolute Gasteiger partial charge is 0.309 e. The van der Waals surface area contributed by atoms with Gasteiger partial charge in [0.2, 0.25) is 0 Å². The van der Waals surface area contributed by atoms with Crippen LogP contribution in [0.5, 0.6) is 0 Å². The van der Waals surface area contributed by atoms with E-state index in [1.165, 1.54) is 87.8 Å². The molecule has 0 saturated carbocycles. The summed E-state index contributed by atoms with van der Waals surface area (Å²) in [6, 6.07) is 62.1. The number of aromatic nitrogens is 1. The van der Waals surface area contributed by atoms with Gasteiger partial charge >= 0.3 is 0 Å². The summed E-state index contributed by atoms with van der Waals surface area (Å²) < 4.78 is 2.51. The second kappa shape index (κ2) is 11.2. The minimum Gasteiger partial charge on any atom is -0.309 e. The molecule has 0 aliphatic carbocycles. The molecule has 1 atom stereocenters. The number of nitrogens with zero attached hydrogens (tertiary/aromatic N) is 1. The van der Waals surface area contributed by atoms with E-state index in [-0.39, 0.29) is 6.04 Å². The first-order valence-corrected chi connectivity index (χ1v) is 17.1. The van der Waals surface area contributed by atoms with Gasteiger partial charge in [-0.05, 0) is 69.1 Å². The van der Waals surface area contributed by atoms with Gasteiger partial charge in [0.25, 0.3) is 0 Å². The van der Waals surface area contributed by atoms with Crippen LogP contribution in [0.25, 0.3) is 71.1 Å². The van der Waals surface area contributed by atoms with Crippen LogP contribution in [0.15, 0.2) is 182 Å². The Balaban J connectivity index is 1.24. The average Bonchev–Trinajstić information content (AvgIpc) is 3.54. The van der Waals surface area contributed by atoms with Crippen LogP contribution < -0.4 is 5.32 Å². The standard InChI is InChI=1S/C47H32N2/c1-3-14-31(15-4-1)35-29-42(33-17-5-2-6-18-33)48-43(30-35)34-19-13-20-36(28-34)49-44-25-12-11-24-41(44)46-45-37-21-8-7-16-32(37)26-27-39(45)38-22-9-10-23-40(38)47(46)49/h1-30,43,48H/p+1. The lowest BCUT2D eigenvalue weighted by Crippen LogP contribution is -2.82. The van der Waals surface area contributed by atoms with Crippen LogP contribution in [0, 0.1) is 0 Å². The molecule has 2 heterocycles. The van der Waals surface area contributed by atoms with E-state index >= 15 is 0 Å². The number of quaternary nitrogens is 1. The Kier molecular flexibility index (Phi) is 6.36. The molecule has 0 bridgehead atoms. The highest BCUT2D eigenvalue weighted by Gasteiger charge is 2.25. The van der Waals surface area contributed by atoms with E-state index in [9.17, 15) is 0 Å². The molecule has 1 aliphatic rings. The number of benzene rings is 8. The van der Waals surface area contributed by atoms with E-state index in [0.717, 1.165) is 0 Å². The van der Waals surface area contributed by atoms with Crippen LogP contribution in [0.1, 0.15) is 22.7 Å². The molecule has 0 saturated heterocycles. The van der Waals surface area contributed by atoms with Gasteiger partial charge in [-0.1, -0.05) is 140 Å². The van der Waals surface area contributed by atoms with E-state index in [1.54, 1.807) is 0 Å². The summed E-state index contributed by atoms with van der Waals surface area (Å²) in [7, 11) is 0. The maximum atomic E-state index is 2.51. The first-order chi connectivity index (χ1) is 24.3. The molecule has 1 aromatic heterocycles. The Hall–Kier alpha value is -6.22. The molecular weight excluding hydrogens is 593 g/mol. The average molecular weight is 626 g/mol. The number of allylic oxidation sites excluding steroid dienone is 2. The van der Waals surface area contributed by atoms with Gasteiger partial charge in [-0.2, -0.15) is 0 Å². The molecule has 1 unspecified atom stereocenters. The van der Waals surface area contributed by atoms with Crippen molar-refractivity contribution in [1.29, 1.82) is 0 Å². The Morgan fingerprint density at radius 2 is 1.14 bits per heavy atom. The molecule has 0 radical (unpaired) electrons. The molecule has 2 heteroatoms. The highest BCUT2D eigenvalue weighted by molar-refractivity contribution is 6.36. The second-order valence-corrected chi connectivity index (χ2v) is 13.1. The minimum atomic E-state index is 0.116. The summed E-state index contributed by atoms with van der Waals surface area (Å²) in [5, 5.41) is 12.7. The van der Waals surface area contributed by atoms with Gasteiger partial charge in [0, 0.05) is 44.4 Å². The second-order valence-electron chi connectivity index (χ2n) is 13.1. The summed E-state index contributed by atoms with van der Waals surface area (Å²) in [6.07, 6.45) is 4.75. The van der Waals surface area contributed by atoms with Gasteiger partial charge in [0.05, 0.1) is 11.0 Å². The summed E-state index contributed by atoms with van der Waals surface area (Å²) in [4.78, 5) is 0. The number of para-hydroxylation sites is 1. The van der Waals surface area contributed by atoms with E-state index in [4.69, 9.17) is 0 Å². The molecule has 230 valence electrons. The molecule has 0 amide bonds. The van der Waals surface area contributed by atoms with Crippen molar-refractivity contribution in [2.75, 3.05) is 0 Å². The summed E-state index contributed by atoms with van der Waals surface area (Å²) in [6.45, 7) is 0. The Bertz CT molecular complexity index is 2780. The van der Waals surface area contributed by atoms with Crippen molar-refractivity contribution in [2.45, 2.75) is 6.04 Å². The fourth-order valence-electron chi connectivity index (χ4n) is 8.09. The summed E-state index contributed by atoms with van der Waals surface area (Å²) in [5.41, 5.74) is 9.89. The van der Waals surface area contributed by atoms with E-state index < -0.39 is 0 Å². The number of nitrogens with two attached hydrogens (primary N) is 1. The Morgan fingerprint density at radius 3 is 1.96 bits per heavy atom. The van der Waals surface area contributed by atoms with Crippen molar-refractivity contribution in [3.8, 4) is 5.69 Å². The fraction of sp³-hybridized carbons (Fsp3) is 0.0213. The Labute approximate surface area is 284 Å². The van der Waals surface area contributed by atoms with Crippen molar-refractivity contribution in [1.82, 2.24) is 4.57 Å². The maximum Gasteiger partial charge on any atom is 0.138 e. The van der Waals surface area contributed by atoms with Crippen LogP contribution in [0.2, 0.25) is 0 Å². The normalized spacial score (nSPS) is 14.9. The summed E-state index contributed by atoms with van der Waals surface area (Å²) in [5.74, 6) is 0. The lowest BCUT2D eigenvalue weighted by molar-refractivity contribution is -0.598. The third-order valence-electron chi connectivity index (χ3n) is 10.3. The molecule has 2 N–H and O–H groups in total. The quantitative estimate of drug-likeness (QED) is 0.188. The molecular formula is C47H33N2+. The van der Waals surface area contributed by atoms with Gasteiger partial charge in [-0.15, -0.1) is 0 Å². The first kappa shape index (κ1) is 27.9. The molecule has 2 nitrogen and oxygen atoms in total. The van der Waals surface area contributed by atoms with Crippen LogP contribution in [0.4, 0.5) is 0 Å². The molecule has 1 aliphatic heterocycles. The minimum absolute atomic E-state index is 0.116. The maximum absolute atomic E-state index is 2.51. The van der Waals surface area contributed by atoms with Gasteiger partial charge in [-0.25, -0.2) is 0 Å². The van der Waals surface area contributed by atoms with Crippen molar-refractivity contribution >= 4 is 65.4 Å². The van der Waals surface area contributed by atoms with Crippen LogP contribution in [0.3, 0.4) is 0 Å². The van der Waals surface area contributed by atoms with Crippen molar-refractivity contribution in [2.24, 2.45) is 0 Å².